The minimum absolute atomic E-state index is 0.159. The summed E-state index contributed by atoms with van der Waals surface area (Å²) in [5.41, 5.74) is 0. The molecule has 1 rings (SSSR count). The van der Waals surface area contributed by atoms with Gasteiger partial charge in [-0.25, -0.2) is 17.9 Å². The fraction of sp³-hybridized carbons (Fsp3) is 0.364. The molecule has 1 heterocycles. The number of nitrogens with one attached hydrogen (secondary N) is 1. The van der Waals surface area contributed by atoms with Gasteiger partial charge in [0.15, 0.2) is 4.67 Å². The normalized spacial score (nSPS) is 12.9. The molecule has 2 N–H and O–H groups in total. The second kappa shape index (κ2) is 6.23. The van der Waals surface area contributed by atoms with Gasteiger partial charge in [-0.2, -0.15) is 0 Å². The Labute approximate surface area is 119 Å². The number of terminal acetylenes is 1. The number of carbonyl (C=O) groups is 1. The van der Waals surface area contributed by atoms with Gasteiger partial charge in [0, 0.05) is 18.5 Å². The average molecular weight is 350 g/mol. The van der Waals surface area contributed by atoms with Crippen LogP contribution in [0.2, 0.25) is 0 Å². The Bertz CT molecular complexity index is 614. The van der Waals surface area contributed by atoms with Crippen LogP contribution in [0.25, 0.3) is 0 Å². The molecule has 0 fully saturated rings. The first kappa shape index (κ1) is 15.8. The molecule has 6 nitrogen and oxygen atoms in total. The van der Waals surface area contributed by atoms with Crippen LogP contribution < -0.4 is 4.72 Å². The molecule has 0 radical (unpaired) electrons. The van der Waals surface area contributed by atoms with Crippen LogP contribution in [0.15, 0.2) is 20.0 Å². The van der Waals surface area contributed by atoms with Gasteiger partial charge in [-0.3, -0.25) is 0 Å². The molecule has 0 saturated heterocycles. The van der Waals surface area contributed by atoms with Crippen LogP contribution in [0.1, 0.15) is 30.3 Å². The summed E-state index contributed by atoms with van der Waals surface area (Å²) in [5, 5.41) is 8.74. The number of carboxylic acid groups (broad SMARTS) is 1. The van der Waals surface area contributed by atoms with Crippen molar-refractivity contribution in [2.45, 2.75) is 30.7 Å². The predicted octanol–water partition coefficient (Wildman–Crippen LogP) is 1.82. The van der Waals surface area contributed by atoms with E-state index in [1.54, 1.807) is 6.92 Å². The minimum Gasteiger partial charge on any atom is -0.475 e. The zero-order valence-corrected chi connectivity index (χ0v) is 12.4. The number of halogens is 1. The van der Waals surface area contributed by atoms with Crippen molar-refractivity contribution >= 4 is 31.9 Å². The maximum absolute atomic E-state index is 12.1. The molecular formula is C11H12BrNO5S. The van der Waals surface area contributed by atoms with Crippen molar-refractivity contribution in [3.05, 3.63) is 16.5 Å². The van der Waals surface area contributed by atoms with E-state index in [-0.39, 0.29) is 16.0 Å². The summed E-state index contributed by atoms with van der Waals surface area (Å²) in [6.07, 6.45) is 5.91. The molecule has 1 unspecified atom stereocenters. The summed E-state index contributed by atoms with van der Waals surface area (Å²) in [4.78, 5) is 10.5. The van der Waals surface area contributed by atoms with Gasteiger partial charge in [-0.15, -0.1) is 12.3 Å². The minimum atomic E-state index is -3.89. The Kier molecular flexibility index (Phi) is 5.17. The highest BCUT2D eigenvalue weighted by Gasteiger charge is 2.26. The number of hydrogen-bond donors (Lipinski definition) is 2. The molecule has 0 aromatic carbocycles. The van der Waals surface area contributed by atoms with Gasteiger partial charge in [-0.1, -0.05) is 6.92 Å². The molecule has 0 spiro atoms. The Morgan fingerprint density at radius 1 is 1.68 bits per heavy atom. The fourth-order valence-corrected chi connectivity index (χ4v) is 3.59. The van der Waals surface area contributed by atoms with Gasteiger partial charge in [0.1, 0.15) is 4.90 Å². The van der Waals surface area contributed by atoms with Crippen LogP contribution in [0, 0.1) is 12.3 Å². The molecule has 0 aliphatic heterocycles. The zero-order chi connectivity index (χ0) is 14.6. The maximum Gasteiger partial charge on any atom is 0.371 e. The highest BCUT2D eigenvalue weighted by atomic mass is 79.9. The van der Waals surface area contributed by atoms with Crippen molar-refractivity contribution in [3.8, 4) is 12.3 Å². The molecule has 0 bridgehead atoms. The maximum atomic E-state index is 12.1. The summed E-state index contributed by atoms with van der Waals surface area (Å²) in [6, 6.07) is 0.530. The van der Waals surface area contributed by atoms with E-state index >= 15 is 0 Å². The third-order valence-electron chi connectivity index (χ3n) is 2.33. The van der Waals surface area contributed by atoms with E-state index in [1.165, 1.54) is 0 Å². The van der Waals surface area contributed by atoms with Crippen molar-refractivity contribution in [3.63, 3.8) is 0 Å². The van der Waals surface area contributed by atoms with Crippen molar-refractivity contribution in [1.82, 2.24) is 4.72 Å². The summed E-state index contributed by atoms with van der Waals surface area (Å²) < 4.78 is 31.2. The van der Waals surface area contributed by atoms with E-state index in [0.717, 1.165) is 6.07 Å². The molecule has 0 saturated carbocycles. The van der Waals surface area contributed by atoms with Gasteiger partial charge in [0.25, 0.3) is 0 Å². The largest absolute Gasteiger partial charge is 0.475 e. The SMILES string of the molecule is C#CCC(CC)NS(=O)(=O)c1cc(C(=O)O)oc1Br. The van der Waals surface area contributed by atoms with Gasteiger partial charge in [-0.05, 0) is 22.4 Å². The molecule has 8 heteroatoms. The van der Waals surface area contributed by atoms with E-state index < -0.39 is 27.8 Å². The Hall–Kier alpha value is -1.30. The van der Waals surface area contributed by atoms with Crippen LogP contribution >= 0.6 is 15.9 Å². The van der Waals surface area contributed by atoms with Crippen molar-refractivity contribution in [1.29, 1.82) is 0 Å². The summed E-state index contributed by atoms with van der Waals surface area (Å²) in [6.45, 7) is 1.79. The van der Waals surface area contributed by atoms with Crippen molar-refractivity contribution in [2.75, 3.05) is 0 Å². The lowest BCUT2D eigenvalue weighted by molar-refractivity contribution is 0.0661. The Morgan fingerprint density at radius 3 is 2.74 bits per heavy atom. The average Bonchev–Trinajstić information content (AvgIpc) is 2.71. The Morgan fingerprint density at radius 2 is 2.32 bits per heavy atom. The third-order valence-corrected chi connectivity index (χ3v) is 4.71. The van der Waals surface area contributed by atoms with E-state index in [2.05, 4.69) is 26.6 Å². The number of sulfonamides is 1. The van der Waals surface area contributed by atoms with Gasteiger partial charge in [0.2, 0.25) is 15.8 Å². The number of furan rings is 1. The van der Waals surface area contributed by atoms with Gasteiger partial charge in [0.05, 0.1) is 0 Å². The van der Waals surface area contributed by atoms with E-state index in [9.17, 15) is 13.2 Å². The lowest BCUT2D eigenvalue weighted by Crippen LogP contribution is -2.34. The number of rotatable bonds is 6. The predicted molar refractivity (Wildman–Crippen MR) is 71.2 cm³/mol. The lowest BCUT2D eigenvalue weighted by atomic mass is 10.2. The standard InChI is InChI=1S/C11H12BrNO5S/c1-3-5-7(4-2)13-19(16,17)9-6-8(11(14)15)18-10(9)12/h1,6-7,13H,4-5H2,2H3,(H,14,15). The number of carboxylic acids is 1. The van der Waals surface area contributed by atoms with Crippen LogP contribution in [0.3, 0.4) is 0 Å². The molecule has 1 atom stereocenters. The monoisotopic (exact) mass is 349 g/mol. The molecular weight excluding hydrogens is 338 g/mol. The van der Waals surface area contributed by atoms with Crippen molar-refractivity contribution in [2.24, 2.45) is 0 Å². The van der Waals surface area contributed by atoms with E-state index in [4.69, 9.17) is 15.9 Å². The quantitative estimate of drug-likeness (QED) is 0.763. The topological polar surface area (TPSA) is 96.6 Å². The molecule has 0 aliphatic rings. The molecule has 104 valence electrons. The lowest BCUT2D eigenvalue weighted by Gasteiger charge is -2.13. The number of aromatic carboxylic acids is 1. The summed E-state index contributed by atoms with van der Waals surface area (Å²) >= 11 is 2.88. The molecule has 0 amide bonds. The second-order valence-corrected chi connectivity index (χ2v) is 6.09. The first-order valence-corrected chi connectivity index (χ1v) is 7.57. The first-order chi connectivity index (χ1) is 8.81. The van der Waals surface area contributed by atoms with Crippen LogP contribution in [-0.4, -0.2) is 25.5 Å². The Balaban J connectivity index is 3.07. The highest BCUT2D eigenvalue weighted by molar-refractivity contribution is 9.10. The second-order valence-electron chi connectivity index (χ2n) is 3.69. The van der Waals surface area contributed by atoms with Crippen LogP contribution in [0.4, 0.5) is 0 Å². The van der Waals surface area contributed by atoms with E-state index in [1.807, 2.05) is 0 Å². The van der Waals surface area contributed by atoms with Crippen LogP contribution in [-0.2, 0) is 10.0 Å². The third kappa shape index (κ3) is 3.83. The first-order valence-electron chi connectivity index (χ1n) is 5.30. The fourth-order valence-electron chi connectivity index (χ4n) is 1.34. The summed E-state index contributed by atoms with van der Waals surface area (Å²) in [5.74, 6) is 0.564. The van der Waals surface area contributed by atoms with Gasteiger partial charge < -0.3 is 9.52 Å². The molecule has 1 aromatic heterocycles. The molecule has 19 heavy (non-hydrogen) atoms. The molecule has 1 aromatic rings. The highest BCUT2D eigenvalue weighted by Crippen LogP contribution is 2.26. The van der Waals surface area contributed by atoms with Crippen LogP contribution in [0.5, 0.6) is 0 Å². The summed E-state index contributed by atoms with van der Waals surface area (Å²) in [7, 11) is -3.89. The zero-order valence-electron chi connectivity index (χ0n) is 10.0. The van der Waals surface area contributed by atoms with Gasteiger partial charge >= 0.3 is 5.97 Å². The smallest absolute Gasteiger partial charge is 0.371 e. The van der Waals surface area contributed by atoms with Crippen molar-refractivity contribution < 1.29 is 22.7 Å². The molecule has 0 aliphatic carbocycles. The van der Waals surface area contributed by atoms with E-state index in [0.29, 0.717) is 6.42 Å². The number of hydrogen-bond acceptors (Lipinski definition) is 4.